The molecular formula is C45H48N6O15. The minimum atomic E-state index is -1.16. The van der Waals surface area contributed by atoms with Crippen molar-refractivity contribution < 1.29 is 57.2 Å². The molecule has 0 saturated carbocycles. The van der Waals surface area contributed by atoms with Gasteiger partial charge in [0.2, 0.25) is 0 Å². The summed E-state index contributed by atoms with van der Waals surface area (Å²) in [6.45, 7) is 17.5. The first-order chi connectivity index (χ1) is 31.2. The van der Waals surface area contributed by atoms with E-state index in [1.807, 2.05) is 0 Å². The van der Waals surface area contributed by atoms with Crippen molar-refractivity contribution in [3.63, 3.8) is 0 Å². The number of esters is 3. The molecule has 4 aromatic rings. The van der Waals surface area contributed by atoms with Crippen LogP contribution in [0.25, 0.3) is 17.1 Å². The number of aromatic nitrogens is 3. The van der Waals surface area contributed by atoms with E-state index in [2.05, 4.69) is 35.7 Å². The lowest BCUT2D eigenvalue weighted by Crippen LogP contribution is -2.53. The van der Waals surface area contributed by atoms with Crippen molar-refractivity contribution in [1.82, 2.24) is 13.7 Å². The minimum absolute atomic E-state index is 0.0774. The molecule has 1 aromatic heterocycles. The Morgan fingerprint density at radius 1 is 0.424 bits per heavy atom. The van der Waals surface area contributed by atoms with E-state index in [1.165, 1.54) is 96.1 Å². The van der Waals surface area contributed by atoms with Gasteiger partial charge < -0.3 is 28.4 Å². The SMILES string of the molecule is C=C(C)C(=O)OCCOC(=O)Nc1cccc(-n2c(=O)n(-c3cccc(NC(=O)OCCOC(=O)C(=C)C)c3C)c(=O)n(-c3cccc(NC(=O)OCCOC(=O)C(=C)C)c3C)c2=O)c1C. The smallest absolute Gasteiger partial charge is 0.411 e. The quantitative estimate of drug-likeness (QED) is 0.0510. The number of hydrogen-bond acceptors (Lipinski definition) is 15. The van der Waals surface area contributed by atoms with Gasteiger partial charge in [-0.3, -0.25) is 16.0 Å². The Morgan fingerprint density at radius 2 is 0.652 bits per heavy atom. The van der Waals surface area contributed by atoms with Crippen LogP contribution >= 0.6 is 0 Å². The van der Waals surface area contributed by atoms with Crippen LogP contribution in [0, 0.1) is 20.8 Å². The number of carbonyl (C=O) groups excluding carboxylic acids is 6. The van der Waals surface area contributed by atoms with Gasteiger partial charge in [0.1, 0.15) is 39.6 Å². The van der Waals surface area contributed by atoms with Crippen LogP contribution < -0.4 is 33.0 Å². The molecule has 348 valence electrons. The fraction of sp³-hybridized carbons (Fsp3) is 0.267. The summed E-state index contributed by atoms with van der Waals surface area (Å²) >= 11 is 0. The summed E-state index contributed by atoms with van der Waals surface area (Å²) in [5.74, 6) is -2.02. The van der Waals surface area contributed by atoms with Gasteiger partial charge in [0.15, 0.2) is 0 Å². The monoisotopic (exact) mass is 912 g/mol. The highest BCUT2D eigenvalue weighted by atomic mass is 16.6. The van der Waals surface area contributed by atoms with Crippen molar-refractivity contribution in [3.05, 3.63) is 139 Å². The Bertz CT molecular complexity index is 2470. The molecular weight excluding hydrogens is 865 g/mol. The number of carbonyl (C=O) groups is 6. The molecule has 0 radical (unpaired) electrons. The van der Waals surface area contributed by atoms with Crippen molar-refractivity contribution in [3.8, 4) is 17.1 Å². The van der Waals surface area contributed by atoms with Crippen LogP contribution in [-0.4, -0.2) is 89.5 Å². The zero-order valence-corrected chi connectivity index (χ0v) is 37.0. The molecule has 3 amide bonds. The van der Waals surface area contributed by atoms with Gasteiger partial charge in [-0.05, 0) is 94.6 Å². The lowest BCUT2D eigenvalue weighted by molar-refractivity contribution is -0.140. The molecule has 66 heavy (non-hydrogen) atoms. The molecule has 0 aliphatic rings. The summed E-state index contributed by atoms with van der Waals surface area (Å²) in [7, 11) is 0. The van der Waals surface area contributed by atoms with E-state index in [1.54, 1.807) is 0 Å². The van der Waals surface area contributed by atoms with Crippen molar-refractivity contribution in [2.24, 2.45) is 0 Å². The second kappa shape index (κ2) is 22.7. The van der Waals surface area contributed by atoms with Crippen LogP contribution in [0.5, 0.6) is 0 Å². The third-order valence-electron chi connectivity index (χ3n) is 9.19. The number of benzene rings is 3. The molecule has 0 unspecified atom stereocenters. The zero-order valence-electron chi connectivity index (χ0n) is 37.0. The van der Waals surface area contributed by atoms with Gasteiger partial charge in [-0.15, -0.1) is 0 Å². The Hall–Kier alpha value is -8.49. The predicted octanol–water partition coefficient (Wildman–Crippen LogP) is 5.07. The normalized spacial score (nSPS) is 10.5. The van der Waals surface area contributed by atoms with E-state index < -0.39 is 53.3 Å². The zero-order chi connectivity index (χ0) is 48.8. The highest BCUT2D eigenvalue weighted by Crippen LogP contribution is 2.25. The van der Waals surface area contributed by atoms with Gasteiger partial charge in [0.25, 0.3) is 0 Å². The Kier molecular flexibility index (Phi) is 17.3. The molecule has 3 aromatic carbocycles. The number of nitrogens with one attached hydrogen (secondary N) is 3. The van der Waals surface area contributed by atoms with Crippen LogP contribution in [0.1, 0.15) is 37.5 Å². The summed E-state index contributed by atoms with van der Waals surface area (Å²) in [6, 6.07) is 12.9. The first kappa shape index (κ1) is 50.2. The second-order valence-corrected chi connectivity index (χ2v) is 14.2. The third-order valence-corrected chi connectivity index (χ3v) is 9.19. The highest BCUT2D eigenvalue weighted by Gasteiger charge is 2.25. The van der Waals surface area contributed by atoms with E-state index in [-0.39, 0.29) is 107 Å². The van der Waals surface area contributed by atoms with Crippen molar-refractivity contribution >= 4 is 53.2 Å². The summed E-state index contributed by atoms with van der Waals surface area (Å²) in [4.78, 5) is 118. The van der Waals surface area contributed by atoms with Gasteiger partial charge in [0, 0.05) is 33.8 Å². The largest absolute Gasteiger partial charge is 0.459 e. The molecule has 0 aliphatic heterocycles. The van der Waals surface area contributed by atoms with Crippen molar-refractivity contribution in [2.75, 3.05) is 55.6 Å². The van der Waals surface area contributed by atoms with E-state index in [0.29, 0.717) is 13.7 Å². The Morgan fingerprint density at radius 3 is 0.879 bits per heavy atom. The number of ether oxygens (including phenoxy) is 6. The average molecular weight is 913 g/mol. The van der Waals surface area contributed by atoms with E-state index in [4.69, 9.17) is 28.4 Å². The van der Waals surface area contributed by atoms with Crippen LogP contribution in [0.4, 0.5) is 31.4 Å². The lowest BCUT2D eigenvalue weighted by Gasteiger charge is -2.20. The molecule has 21 heteroatoms. The summed E-state index contributed by atoms with van der Waals surface area (Å²) in [5.41, 5.74) is -2.44. The Balaban J connectivity index is 1.81. The van der Waals surface area contributed by atoms with Gasteiger partial charge in [-0.25, -0.2) is 56.9 Å². The van der Waals surface area contributed by atoms with E-state index in [0.717, 1.165) is 0 Å². The fourth-order valence-electron chi connectivity index (χ4n) is 5.78. The maximum absolute atomic E-state index is 14.7. The second-order valence-electron chi connectivity index (χ2n) is 14.2. The molecule has 3 N–H and O–H groups in total. The van der Waals surface area contributed by atoms with Crippen LogP contribution in [-0.2, 0) is 42.8 Å². The predicted molar refractivity (Wildman–Crippen MR) is 240 cm³/mol. The van der Waals surface area contributed by atoms with Gasteiger partial charge in [-0.1, -0.05) is 37.9 Å². The standard InChI is InChI=1S/C45H48N6O15/c1-25(2)37(52)61-19-22-64-40(55)46-31-13-10-16-34(28(31)7)49-43(58)50(35-17-11-14-32(29(35)8)47-41(56)65-23-20-62-38(53)26(3)4)45(60)51(44(49)59)36-18-12-15-33(30(36)9)48-42(57)66-24-21-63-39(54)27(5)6/h10-18H,1,3,5,19-24H2,2,4,6-9H3,(H,46,55)(H,47,56)(H,48,57). The molecule has 0 spiro atoms. The van der Waals surface area contributed by atoms with Crippen LogP contribution in [0.15, 0.2) is 105 Å². The molecule has 0 fully saturated rings. The fourth-order valence-corrected chi connectivity index (χ4v) is 5.78. The van der Waals surface area contributed by atoms with Gasteiger partial charge in [-0.2, -0.15) is 0 Å². The third kappa shape index (κ3) is 12.6. The summed E-state index contributed by atoms with van der Waals surface area (Å²) in [6.07, 6.45) is -2.89. The first-order valence-corrected chi connectivity index (χ1v) is 19.8. The lowest BCUT2D eigenvalue weighted by atomic mass is 10.1. The molecule has 1 heterocycles. The number of hydrogen-bond donors (Lipinski definition) is 3. The summed E-state index contributed by atoms with van der Waals surface area (Å²) in [5, 5.41) is 7.58. The van der Waals surface area contributed by atoms with Crippen LogP contribution in [0.2, 0.25) is 0 Å². The number of nitrogens with zero attached hydrogens (tertiary/aromatic N) is 3. The molecule has 4 rings (SSSR count). The van der Waals surface area contributed by atoms with E-state index in [9.17, 15) is 43.2 Å². The van der Waals surface area contributed by atoms with E-state index >= 15 is 0 Å². The molecule has 0 atom stereocenters. The average Bonchev–Trinajstić information content (AvgIpc) is 3.26. The minimum Gasteiger partial charge on any atom is -0.459 e. The Labute approximate surface area is 376 Å². The first-order valence-electron chi connectivity index (χ1n) is 19.8. The molecule has 0 bridgehead atoms. The van der Waals surface area contributed by atoms with Crippen molar-refractivity contribution in [2.45, 2.75) is 41.5 Å². The number of anilines is 3. The highest BCUT2D eigenvalue weighted by molar-refractivity contribution is 5.89. The van der Waals surface area contributed by atoms with Crippen LogP contribution in [0.3, 0.4) is 0 Å². The molecule has 0 aliphatic carbocycles. The number of rotatable bonds is 18. The maximum atomic E-state index is 14.7. The maximum Gasteiger partial charge on any atom is 0.411 e. The van der Waals surface area contributed by atoms with Gasteiger partial charge in [0.05, 0.1) is 17.1 Å². The summed E-state index contributed by atoms with van der Waals surface area (Å²) < 4.78 is 32.3. The van der Waals surface area contributed by atoms with Crippen molar-refractivity contribution in [1.29, 1.82) is 0 Å². The topological polar surface area (TPSA) is 260 Å². The molecule has 21 nitrogen and oxygen atoms in total. The van der Waals surface area contributed by atoms with Gasteiger partial charge >= 0.3 is 53.3 Å². The molecule has 0 saturated heterocycles. The number of amides is 3.